The van der Waals surface area contributed by atoms with Gasteiger partial charge in [0.25, 0.3) is 0 Å². The Morgan fingerprint density at radius 2 is 2.17 bits per heavy atom. The first-order valence-corrected chi connectivity index (χ1v) is 6.17. The second kappa shape index (κ2) is 5.61. The van der Waals surface area contributed by atoms with E-state index >= 15 is 0 Å². The van der Waals surface area contributed by atoms with Crippen LogP contribution in [0.3, 0.4) is 0 Å². The third-order valence-corrected chi connectivity index (χ3v) is 3.35. The number of hydrogen-bond donors (Lipinski definition) is 2. The predicted octanol–water partition coefficient (Wildman–Crippen LogP) is 1.96. The first-order valence-electron chi connectivity index (χ1n) is 6.17. The molecule has 0 unspecified atom stereocenters. The van der Waals surface area contributed by atoms with Crippen LogP contribution in [0.1, 0.15) is 32.1 Å². The van der Waals surface area contributed by atoms with Crippen molar-refractivity contribution in [3.8, 4) is 0 Å². The summed E-state index contributed by atoms with van der Waals surface area (Å²) in [5.41, 5.74) is 5.25. The summed E-state index contributed by atoms with van der Waals surface area (Å²) in [6.45, 7) is 0.682. The van der Waals surface area contributed by atoms with Gasteiger partial charge in [0.1, 0.15) is 6.33 Å². The molecule has 0 aromatic carbocycles. The van der Waals surface area contributed by atoms with Crippen LogP contribution in [0.5, 0.6) is 0 Å². The van der Waals surface area contributed by atoms with Crippen LogP contribution in [-0.2, 0) is 0 Å². The number of nitrogens with one attached hydrogen (secondary N) is 1. The second-order valence-corrected chi connectivity index (χ2v) is 4.58. The lowest BCUT2D eigenvalue weighted by atomic mass is 10.0. The van der Waals surface area contributed by atoms with Crippen LogP contribution in [0.15, 0.2) is 6.33 Å². The molecule has 0 saturated heterocycles. The third kappa shape index (κ3) is 2.85. The van der Waals surface area contributed by atoms with E-state index in [1.807, 2.05) is 0 Å². The molecule has 0 radical (unpaired) electrons. The minimum absolute atomic E-state index is 0.0987. The Morgan fingerprint density at radius 3 is 2.83 bits per heavy atom. The summed E-state index contributed by atoms with van der Waals surface area (Å²) in [6, 6.07) is 0. The molecule has 18 heavy (non-hydrogen) atoms. The summed E-state index contributed by atoms with van der Waals surface area (Å²) in [5, 5.41) is 13.9. The van der Waals surface area contributed by atoms with Crippen LogP contribution in [0.25, 0.3) is 0 Å². The van der Waals surface area contributed by atoms with Crippen molar-refractivity contribution in [2.75, 3.05) is 17.6 Å². The normalized spacial score (nSPS) is 15.8. The maximum atomic E-state index is 10.9. The Balaban J connectivity index is 1.96. The van der Waals surface area contributed by atoms with Gasteiger partial charge in [-0.25, -0.2) is 9.97 Å². The van der Waals surface area contributed by atoms with Crippen molar-refractivity contribution >= 4 is 17.3 Å². The molecule has 0 bridgehead atoms. The minimum Gasteiger partial charge on any atom is -0.378 e. The molecule has 0 amide bonds. The molecule has 1 aliphatic carbocycles. The van der Waals surface area contributed by atoms with Gasteiger partial charge in [0.2, 0.25) is 11.6 Å². The van der Waals surface area contributed by atoms with Gasteiger partial charge in [-0.1, -0.05) is 25.7 Å². The highest BCUT2D eigenvalue weighted by Gasteiger charge is 2.21. The highest BCUT2D eigenvalue weighted by Crippen LogP contribution is 2.29. The van der Waals surface area contributed by atoms with Gasteiger partial charge < -0.3 is 11.1 Å². The van der Waals surface area contributed by atoms with Crippen molar-refractivity contribution in [3.05, 3.63) is 16.4 Å². The molecule has 2 rings (SSSR count). The summed E-state index contributed by atoms with van der Waals surface area (Å²) in [6.07, 6.45) is 7.36. The highest BCUT2D eigenvalue weighted by molar-refractivity contribution is 5.67. The molecular formula is C11H17N5O2. The van der Waals surface area contributed by atoms with E-state index in [0.29, 0.717) is 6.54 Å². The van der Waals surface area contributed by atoms with Gasteiger partial charge in [-0.3, -0.25) is 10.1 Å². The Kier molecular flexibility index (Phi) is 3.91. The first-order chi connectivity index (χ1) is 8.68. The second-order valence-electron chi connectivity index (χ2n) is 4.58. The smallest absolute Gasteiger partial charge is 0.352 e. The van der Waals surface area contributed by atoms with E-state index in [0.717, 1.165) is 12.3 Å². The lowest BCUT2D eigenvalue weighted by Crippen LogP contribution is -2.11. The third-order valence-electron chi connectivity index (χ3n) is 3.35. The fourth-order valence-electron chi connectivity index (χ4n) is 2.40. The van der Waals surface area contributed by atoms with Crippen molar-refractivity contribution in [2.45, 2.75) is 32.1 Å². The van der Waals surface area contributed by atoms with Crippen molar-refractivity contribution in [1.29, 1.82) is 0 Å². The van der Waals surface area contributed by atoms with E-state index in [1.54, 1.807) is 0 Å². The average molecular weight is 251 g/mol. The molecule has 98 valence electrons. The molecule has 1 aromatic heterocycles. The Labute approximate surface area is 105 Å². The number of aromatic nitrogens is 2. The molecule has 7 heteroatoms. The molecule has 1 heterocycles. The molecule has 1 aliphatic rings. The highest BCUT2D eigenvalue weighted by atomic mass is 16.6. The Bertz CT molecular complexity index is 431. The minimum atomic E-state index is -0.548. The maximum Gasteiger partial charge on any atom is 0.352 e. The van der Waals surface area contributed by atoms with Crippen LogP contribution >= 0.6 is 0 Å². The fraction of sp³-hybridized carbons (Fsp3) is 0.636. The van der Waals surface area contributed by atoms with E-state index in [-0.39, 0.29) is 17.3 Å². The summed E-state index contributed by atoms with van der Waals surface area (Å²) in [4.78, 5) is 17.8. The molecular weight excluding hydrogens is 234 g/mol. The zero-order valence-electron chi connectivity index (χ0n) is 10.1. The summed E-state index contributed by atoms with van der Waals surface area (Å²) >= 11 is 0. The zero-order valence-corrected chi connectivity index (χ0v) is 10.1. The van der Waals surface area contributed by atoms with E-state index in [9.17, 15) is 10.1 Å². The van der Waals surface area contributed by atoms with Crippen LogP contribution in [0.4, 0.5) is 17.3 Å². The molecule has 0 aliphatic heterocycles. The van der Waals surface area contributed by atoms with Gasteiger partial charge in [-0.2, -0.15) is 0 Å². The van der Waals surface area contributed by atoms with Crippen LogP contribution in [0.2, 0.25) is 0 Å². The quantitative estimate of drug-likeness (QED) is 0.611. The van der Waals surface area contributed by atoms with Gasteiger partial charge in [0.05, 0.1) is 4.92 Å². The molecule has 1 saturated carbocycles. The lowest BCUT2D eigenvalue weighted by molar-refractivity contribution is -0.383. The topological polar surface area (TPSA) is 107 Å². The fourth-order valence-corrected chi connectivity index (χ4v) is 2.40. The number of nitrogens with two attached hydrogens (primary N) is 1. The molecule has 0 atom stereocenters. The molecule has 1 fully saturated rings. The average Bonchev–Trinajstić information content (AvgIpc) is 2.81. The largest absolute Gasteiger partial charge is 0.378 e. The summed E-state index contributed by atoms with van der Waals surface area (Å²) in [7, 11) is 0. The van der Waals surface area contributed by atoms with Crippen molar-refractivity contribution < 1.29 is 4.92 Å². The summed E-state index contributed by atoms with van der Waals surface area (Å²) in [5.74, 6) is 0.847. The van der Waals surface area contributed by atoms with Crippen LogP contribution in [0, 0.1) is 16.0 Å². The van der Waals surface area contributed by atoms with E-state index < -0.39 is 4.92 Å². The number of rotatable bonds is 5. The summed E-state index contributed by atoms with van der Waals surface area (Å²) < 4.78 is 0. The Hall–Kier alpha value is -1.92. The SMILES string of the molecule is Nc1ncnc(NCCC2CCCC2)c1[N+](=O)[O-]. The van der Waals surface area contributed by atoms with Gasteiger partial charge in [0.15, 0.2) is 0 Å². The number of nitrogen functional groups attached to an aromatic ring is 1. The zero-order chi connectivity index (χ0) is 13.0. The number of nitrogens with zero attached hydrogens (tertiary/aromatic N) is 3. The Morgan fingerprint density at radius 1 is 1.44 bits per heavy atom. The first kappa shape index (κ1) is 12.5. The van der Waals surface area contributed by atoms with Gasteiger partial charge in [0, 0.05) is 6.54 Å². The van der Waals surface area contributed by atoms with E-state index in [4.69, 9.17) is 5.73 Å². The monoisotopic (exact) mass is 251 g/mol. The molecule has 1 aromatic rings. The van der Waals surface area contributed by atoms with Gasteiger partial charge in [-0.15, -0.1) is 0 Å². The molecule has 7 nitrogen and oxygen atoms in total. The van der Waals surface area contributed by atoms with Crippen molar-refractivity contribution in [2.24, 2.45) is 5.92 Å². The lowest BCUT2D eigenvalue weighted by Gasteiger charge is -2.10. The van der Waals surface area contributed by atoms with E-state index in [1.165, 1.54) is 32.0 Å². The van der Waals surface area contributed by atoms with Gasteiger partial charge >= 0.3 is 5.69 Å². The number of nitro groups is 1. The van der Waals surface area contributed by atoms with Crippen LogP contribution in [-0.4, -0.2) is 21.4 Å². The molecule has 0 spiro atoms. The number of hydrogen-bond acceptors (Lipinski definition) is 6. The molecule has 3 N–H and O–H groups in total. The standard InChI is InChI=1S/C11H17N5O2/c12-10-9(16(17)18)11(15-7-14-10)13-6-5-8-3-1-2-4-8/h7-8H,1-6H2,(H3,12,13,14,15). The van der Waals surface area contributed by atoms with Crippen LogP contribution < -0.4 is 11.1 Å². The van der Waals surface area contributed by atoms with Crippen molar-refractivity contribution in [1.82, 2.24) is 9.97 Å². The van der Waals surface area contributed by atoms with Crippen molar-refractivity contribution in [3.63, 3.8) is 0 Å². The predicted molar refractivity (Wildman–Crippen MR) is 68.2 cm³/mol. The maximum absolute atomic E-state index is 10.9. The van der Waals surface area contributed by atoms with E-state index in [2.05, 4.69) is 15.3 Å². The number of anilines is 2. The van der Waals surface area contributed by atoms with Gasteiger partial charge in [-0.05, 0) is 12.3 Å².